The zero-order valence-electron chi connectivity index (χ0n) is 14.9. The second-order valence-corrected chi connectivity index (χ2v) is 6.31. The standard InChI is InChI=1S/C21H20N4O/c1-15-3-4-17(20(13-15)26-2)5-6-18-7-8-19(16-9-11-22-12-10-16)21-24-23-14-25(18)21/h3-4,7-14H,5-6H2,1-2H3. The normalized spacial score (nSPS) is 11.0. The summed E-state index contributed by atoms with van der Waals surface area (Å²) >= 11 is 0. The molecule has 3 heterocycles. The molecule has 0 saturated heterocycles. The zero-order valence-corrected chi connectivity index (χ0v) is 14.9. The first-order valence-electron chi connectivity index (χ1n) is 8.62. The Labute approximate surface area is 152 Å². The predicted molar refractivity (Wildman–Crippen MR) is 101 cm³/mol. The molecule has 0 saturated carbocycles. The molecule has 0 aliphatic carbocycles. The highest BCUT2D eigenvalue weighted by atomic mass is 16.5. The average Bonchev–Trinajstić information content (AvgIpc) is 3.17. The summed E-state index contributed by atoms with van der Waals surface area (Å²) in [5.41, 5.74) is 6.59. The van der Waals surface area contributed by atoms with Gasteiger partial charge in [0.15, 0.2) is 5.65 Å². The van der Waals surface area contributed by atoms with Gasteiger partial charge in [-0.15, -0.1) is 10.2 Å². The van der Waals surface area contributed by atoms with Gasteiger partial charge in [0.2, 0.25) is 0 Å². The maximum Gasteiger partial charge on any atom is 0.168 e. The molecule has 0 atom stereocenters. The van der Waals surface area contributed by atoms with Crippen molar-refractivity contribution in [2.75, 3.05) is 7.11 Å². The van der Waals surface area contributed by atoms with Gasteiger partial charge in [0.05, 0.1) is 7.11 Å². The molecule has 0 bridgehead atoms. The summed E-state index contributed by atoms with van der Waals surface area (Å²) in [5.74, 6) is 0.943. The summed E-state index contributed by atoms with van der Waals surface area (Å²) in [5, 5.41) is 8.44. The summed E-state index contributed by atoms with van der Waals surface area (Å²) in [7, 11) is 1.72. The number of rotatable bonds is 5. The van der Waals surface area contributed by atoms with Gasteiger partial charge in [0, 0.05) is 23.7 Å². The van der Waals surface area contributed by atoms with Gasteiger partial charge in [-0.1, -0.05) is 12.1 Å². The maximum atomic E-state index is 5.53. The molecule has 0 amide bonds. The Hall–Kier alpha value is -3.21. The van der Waals surface area contributed by atoms with E-state index >= 15 is 0 Å². The number of pyridine rings is 2. The Bertz CT molecular complexity index is 1040. The summed E-state index contributed by atoms with van der Waals surface area (Å²) in [6.45, 7) is 2.07. The first-order valence-corrected chi connectivity index (χ1v) is 8.62. The second-order valence-electron chi connectivity index (χ2n) is 6.31. The van der Waals surface area contributed by atoms with Crippen LogP contribution in [0.25, 0.3) is 16.8 Å². The fourth-order valence-corrected chi connectivity index (χ4v) is 3.24. The van der Waals surface area contributed by atoms with E-state index in [-0.39, 0.29) is 0 Å². The van der Waals surface area contributed by atoms with Crippen LogP contribution < -0.4 is 4.74 Å². The third kappa shape index (κ3) is 3.04. The predicted octanol–water partition coefficient (Wildman–Crippen LogP) is 3.89. The second kappa shape index (κ2) is 6.96. The van der Waals surface area contributed by atoms with Crippen LogP contribution in [0.2, 0.25) is 0 Å². The summed E-state index contributed by atoms with van der Waals surface area (Å²) in [6, 6.07) is 14.6. The lowest BCUT2D eigenvalue weighted by Crippen LogP contribution is -2.01. The molecule has 5 nitrogen and oxygen atoms in total. The molecule has 4 rings (SSSR count). The van der Waals surface area contributed by atoms with E-state index in [1.807, 2.05) is 12.1 Å². The van der Waals surface area contributed by atoms with Crippen LogP contribution in [0.1, 0.15) is 16.8 Å². The topological polar surface area (TPSA) is 52.3 Å². The molecule has 1 aromatic carbocycles. The molecule has 5 heteroatoms. The van der Waals surface area contributed by atoms with Gasteiger partial charge in [-0.2, -0.15) is 0 Å². The van der Waals surface area contributed by atoms with Crippen LogP contribution >= 0.6 is 0 Å². The first kappa shape index (κ1) is 16.3. The van der Waals surface area contributed by atoms with Crippen molar-refractivity contribution in [1.29, 1.82) is 0 Å². The van der Waals surface area contributed by atoms with Crippen molar-refractivity contribution in [2.24, 2.45) is 0 Å². The summed E-state index contributed by atoms with van der Waals surface area (Å²) < 4.78 is 7.59. The van der Waals surface area contributed by atoms with Crippen molar-refractivity contribution in [3.63, 3.8) is 0 Å². The molecular formula is C21H20N4O. The first-order chi connectivity index (χ1) is 12.8. The van der Waals surface area contributed by atoms with Gasteiger partial charge in [-0.25, -0.2) is 0 Å². The monoisotopic (exact) mass is 344 g/mol. The molecule has 0 aliphatic rings. The Kier molecular flexibility index (Phi) is 4.35. The maximum absolute atomic E-state index is 5.53. The van der Waals surface area contributed by atoms with E-state index in [1.165, 1.54) is 16.8 Å². The van der Waals surface area contributed by atoms with E-state index in [0.717, 1.165) is 35.4 Å². The van der Waals surface area contributed by atoms with E-state index in [2.05, 4.69) is 56.8 Å². The van der Waals surface area contributed by atoms with Gasteiger partial charge in [0.1, 0.15) is 12.1 Å². The number of fused-ring (bicyclic) bond motifs is 1. The molecule has 0 fully saturated rings. The number of benzene rings is 1. The number of aromatic nitrogens is 4. The lowest BCUT2D eigenvalue weighted by molar-refractivity contribution is 0.409. The van der Waals surface area contributed by atoms with Gasteiger partial charge >= 0.3 is 0 Å². The summed E-state index contributed by atoms with van der Waals surface area (Å²) in [4.78, 5) is 4.09. The largest absolute Gasteiger partial charge is 0.496 e. The van der Waals surface area contributed by atoms with Crippen LogP contribution in [0.15, 0.2) is 61.2 Å². The van der Waals surface area contributed by atoms with Crippen molar-refractivity contribution >= 4 is 5.65 Å². The smallest absolute Gasteiger partial charge is 0.168 e. The SMILES string of the molecule is COc1cc(C)ccc1CCc1ccc(-c2ccncc2)c2nncn12. The molecule has 4 aromatic rings. The molecule has 26 heavy (non-hydrogen) atoms. The lowest BCUT2D eigenvalue weighted by atomic mass is 10.0. The molecule has 0 unspecified atom stereocenters. The lowest BCUT2D eigenvalue weighted by Gasteiger charge is -2.11. The third-order valence-corrected chi connectivity index (χ3v) is 4.62. The Morgan fingerprint density at radius 2 is 1.85 bits per heavy atom. The van der Waals surface area contributed by atoms with Crippen molar-refractivity contribution in [3.8, 4) is 16.9 Å². The van der Waals surface area contributed by atoms with E-state index in [4.69, 9.17) is 4.74 Å². The summed E-state index contributed by atoms with van der Waals surface area (Å²) in [6.07, 6.45) is 7.14. The fourth-order valence-electron chi connectivity index (χ4n) is 3.24. The van der Waals surface area contributed by atoms with Crippen LogP contribution in [0.5, 0.6) is 5.75 Å². The minimum absolute atomic E-state index is 0.865. The zero-order chi connectivity index (χ0) is 17.9. The van der Waals surface area contributed by atoms with Crippen LogP contribution in [0, 0.1) is 6.92 Å². The van der Waals surface area contributed by atoms with Crippen molar-refractivity contribution < 1.29 is 4.74 Å². The van der Waals surface area contributed by atoms with Crippen molar-refractivity contribution in [2.45, 2.75) is 19.8 Å². The van der Waals surface area contributed by atoms with Gasteiger partial charge in [-0.3, -0.25) is 9.38 Å². The highest BCUT2D eigenvalue weighted by Gasteiger charge is 2.11. The number of hydrogen-bond donors (Lipinski definition) is 0. The molecule has 0 radical (unpaired) electrons. The molecule has 0 aliphatic heterocycles. The number of aryl methyl sites for hydroxylation is 3. The van der Waals surface area contributed by atoms with Crippen LogP contribution in [0.3, 0.4) is 0 Å². The van der Waals surface area contributed by atoms with Crippen LogP contribution in [0.4, 0.5) is 0 Å². The van der Waals surface area contributed by atoms with E-state index in [0.29, 0.717) is 0 Å². The molecule has 0 N–H and O–H groups in total. The molecule has 3 aromatic heterocycles. The number of methoxy groups -OCH3 is 1. The number of hydrogen-bond acceptors (Lipinski definition) is 4. The molecular weight excluding hydrogens is 324 g/mol. The number of ether oxygens (including phenoxy) is 1. The van der Waals surface area contributed by atoms with Crippen LogP contribution in [-0.2, 0) is 12.8 Å². The fraction of sp³-hybridized carbons (Fsp3) is 0.190. The van der Waals surface area contributed by atoms with Gasteiger partial charge in [-0.05, 0) is 66.8 Å². The van der Waals surface area contributed by atoms with E-state index < -0.39 is 0 Å². The Morgan fingerprint density at radius 3 is 2.65 bits per heavy atom. The third-order valence-electron chi connectivity index (χ3n) is 4.62. The quantitative estimate of drug-likeness (QED) is 0.551. The van der Waals surface area contributed by atoms with Crippen molar-refractivity contribution in [1.82, 2.24) is 19.6 Å². The van der Waals surface area contributed by atoms with E-state index in [9.17, 15) is 0 Å². The highest BCUT2D eigenvalue weighted by Crippen LogP contribution is 2.25. The Balaban J connectivity index is 1.66. The van der Waals surface area contributed by atoms with E-state index in [1.54, 1.807) is 25.8 Å². The van der Waals surface area contributed by atoms with Gasteiger partial charge in [0.25, 0.3) is 0 Å². The number of nitrogens with zero attached hydrogens (tertiary/aromatic N) is 4. The Morgan fingerprint density at radius 1 is 1.00 bits per heavy atom. The minimum Gasteiger partial charge on any atom is -0.496 e. The molecule has 0 spiro atoms. The minimum atomic E-state index is 0.865. The van der Waals surface area contributed by atoms with Gasteiger partial charge < -0.3 is 4.74 Å². The molecule has 130 valence electrons. The van der Waals surface area contributed by atoms with Crippen LogP contribution in [-0.4, -0.2) is 26.7 Å². The average molecular weight is 344 g/mol. The van der Waals surface area contributed by atoms with Crippen molar-refractivity contribution in [3.05, 3.63) is 78.0 Å². The highest BCUT2D eigenvalue weighted by molar-refractivity contribution is 5.77.